The molecule has 0 unspecified atom stereocenters. The standard InChI is InChI=1S/C19H25N3O2/c1-4-17-15(11-20-22(17)12-13(2)3)19(23)21-16-9-10-24-18-8-6-5-7-14(16)18/h5-8,11,13,16H,4,9-10,12H2,1-3H3,(H,21,23)/t16-/m1/s1. The van der Waals surface area contributed by atoms with Crippen molar-refractivity contribution < 1.29 is 9.53 Å². The fourth-order valence-corrected chi connectivity index (χ4v) is 3.20. The van der Waals surface area contributed by atoms with Crippen molar-refractivity contribution in [1.82, 2.24) is 15.1 Å². The number of aromatic nitrogens is 2. The van der Waals surface area contributed by atoms with Crippen molar-refractivity contribution in [2.24, 2.45) is 5.92 Å². The molecule has 0 radical (unpaired) electrons. The lowest BCUT2D eigenvalue weighted by molar-refractivity contribution is 0.0923. The molecule has 2 heterocycles. The molecule has 0 aliphatic carbocycles. The van der Waals surface area contributed by atoms with Crippen LogP contribution in [0.15, 0.2) is 30.5 Å². The van der Waals surface area contributed by atoms with E-state index in [1.165, 1.54) is 0 Å². The van der Waals surface area contributed by atoms with E-state index in [0.29, 0.717) is 18.1 Å². The third-order valence-electron chi connectivity index (χ3n) is 4.33. The second-order valence-corrected chi connectivity index (χ2v) is 6.64. The molecule has 1 aromatic carbocycles. The van der Waals surface area contributed by atoms with Crippen LogP contribution < -0.4 is 10.1 Å². The Kier molecular flexibility index (Phi) is 4.88. The molecule has 5 heteroatoms. The zero-order valence-corrected chi connectivity index (χ0v) is 14.6. The third-order valence-corrected chi connectivity index (χ3v) is 4.33. The van der Waals surface area contributed by atoms with Gasteiger partial charge in [0, 0.05) is 18.5 Å². The number of carbonyl (C=O) groups is 1. The summed E-state index contributed by atoms with van der Waals surface area (Å²) in [5.41, 5.74) is 2.73. The first-order chi connectivity index (χ1) is 11.6. The van der Waals surface area contributed by atoms with Crippen LogP contribution >= 0.6 is 0 Å². The second-order valence-electron chi connectivity index (χ2n) is 6.64. The van der Waals surface area contributed by atoms with Crippen LogP contribution in [0.2, 0.25) is 0 Å². The van der Waals surface area contributed by atoms with Crippen LogP contribution in [0.4, 0.5) is 0 Å². The molecular weight excluding hydrogens is 302 g/mol. The lowest BCUT2D eigenvalue weighted by Crippen LogP contribution is -2.32. The zero-order chi connectivity index (χ0) is 17.1. The summed E-state index contributed by atoms with van der Waals surface area (Å²) in [6.45, 7) is 7.82. The van der Waals surface area contributed by atoms with Gasteiger partial charge in [0.15, 0.2) is 0 Å². The largest absolute Gasteiger partial charge is 0.493 e. The van der Waals surface area contributed by atoms with Crippen LogP contribution in [0.25, 0.3) is 0 Å². The molecule has 1 aromatic heterocycles. The Morgan fingerprint density at radius 2 is 2.21 bits per heavy atom. The fraction of sp³-hybridized carbons (Fsp3) is 0.474. The number of hydrogen-bond donors (Lipinski definition) is 1. The van der Waals surface area contributed by atoms with E-state index in [1.807, 2.05) is 28.9 Å². The Labute approximate surface area is 143 Å². The molecule has 3 rings (SSSR count). The van der Waals surface area contributed by atoms with E-state index in [4.69, 9.17) is 4.74 Å². The maximum atomic E-state index is 12.8. The summed E-state index contributed by atoms with van der Waals surface area (Å²) in [7, 11) is 0. The minimum absolute atomic E-state index is 0.0133. The maximum absolute atomic E-state index is 12.8. The van der Waals surface area contributed by atoms with Gasteiger partial charge in [0.2, 0.25) is 0 Å². The Morgan fingerprint density at radius 1 is 1.42 bits per heavy atom. The van der Waals surface area contributed by atoms with Crippen molar-refractivity contribution in [3.8, 4) is 5.75 Å². The highest BCUT2D eigenvalue weighted by molar-refractivity contribution is 5.95. The average Bonchev–Trinajstić information content (AvgIpc) is 2.97. The maximum Gasteiger partial charge on any atom is 0.255 e. The number of hydrogen-bond acceptors (Lipinski definition) is 3. The number of carbonyl (C=O) groups excluding carboxylic acids is 1. The zero-order valence-electron chi connectivity index (χ0n) is 14.6. The first-order valence-electron chi connectivity index (χ1n) is 8.67. The number of fused-ring (bicyclic) bond motifs is 1. The topological polar surface area (TPSA) is 56.1 Å². The van der Waals surface area contributed by atoms with E-state index >= 15 is 0 Å². The molecule has 128 valence electrons. The molecule has 2 aromatic rings. The van der Waals surface area contributed by atoms with Gasteiger partial charge in [0.1, 0.15) is 5.75 Å². The number of benzene rings is 1. The van der Waals surface area contributed by atoms with E-state index in [2.05, 4.69) is 31.2 Å². The van der Waals surface area contributed by atoms with Gasteiger partial charge >= 0.3 is 0 Å². The van der Waals surface area contributed by atoms with Crippen LogP contribution in [0, 0.1) is 5.92 Å². The van der Waals surface area contributed by atoms with Crippen LogP contribution in [0.3, 0.4) is 0 Å². The Hall–Kier alpha value is -2.30. The van der Waals surface area contributed by atoms with Gasteiger partial charge in [0.05, 0.1) is 30.1 Å². The van der Waals surface area contributed by atoms with Gasteiger partial charge < -0.3 is 10.1 Å². The Morgan fingerprint density at radius 3 is 2.96 bits per heavy atom. The second kappa shape index (κ2) is 7.07. The van der Waals surface area contributed by atoms with Crippen molar-refractivity contribution in [2.45, 2.75) is 46.2 Å². The SMILES string of the molecule is CCc1c(C(=O)N[C@@H]2CCOc3ccccc32)cnn1CC(C)C. The van der Waals surface area contributed by atoms with Crippen molar-refractivity contribution in [1.29, 1.82) is 0 Å². The van der Waals surface area contributed by atoms with Gasteiger partial charge in [-0.1, -0.05) is 39.0 Å². The minimum Gasteiger partial charge on any atom is -0.493 e. The summed E-state index contributed by atoms with van der Waals surface area (Å²) in [6, 6.07) is 7.88. The molecule has 0 saturated heterocycles. The van der Waals surface area contributed by atoms with Gasteiger partial charge in [-0.15, -0.1) is 0 Å². The van der Waals surface area contributed by atoms with Crippen molar-refractivity contribution in [3.63, 3.8) is 0 Å². The number of nitrogens with one attached hydrogen (secondary N) is 1. The van der Waals surface area contributed by atoms with Crippen LogP contribution in [0.1, 0.15) is 54.8 Å². The highest BCUT2D eigenvalue weighted by Crippen LogP contribution is 2.31. The van der Waals surface area contributed by atoms with Crippen LogP contribution in [-0.4, -0.2) is 22.3 Å². The molecule has 1 N–H and O–H groups in total. The average molecular weight is 327 g/mol. The highest BCUT2D eigenvalue weighted by Gasteiger charge is 2.25. The highest BCUT2D eigenvalue weighted by atomic mass is 16.5. The van der Waals surface area contributed by atoms with Crippen molar-refractivity contribution >= 4 is 5.91 Å². The van der Waals surface area contributed by atoms with Gasteiger partial charge in [-0.2, -0.15) is 5.10 Å². The molecule has 0 spiro atoms. The van der Waals surface area contributed by atoms with Gasteiger partial charge in [-0.25, -0.2) is 0 Å². The van der Waals surface area contributed by atoms with Gasteiger partial charge in [0.25, 0.3) is 5.91 Å². The van der Waals surface area contributed by atoms with E-state index in [9.17, 15) is 4.79 Å². The number of nitrogens with zero attached hydrogens (tertiary/aromatic N) is 2. The summed E-state index contributed by atoms with van der Waals surface area (Å²) in [6.07, 6.45) is 3.27. The van der Waals surface area contributed by atoms with Crippen LogP contribution in [0.5, 0.6) is 5.75 Å². The fourth-order valence-electron chi connectivity index (χ4n) is 3.20. The molecule has 1 aliphatic heterocycles. The van der Waals surface area contributed by atoms with Crippen molar-refractivity contribution in [3.05, 3.63) is 47.3 Å². The molecule has 0 fully saturated rings. The molecule has 24 heavy (non-hydrogen) atoms. The predicted octanol–water partition coefficient (Wildman–Crippen LogP) is 3.36. The van der Waals surface area contributed by atoms with E-state index in [0.717, 1.165) is 36.4 Å². The summed E-state index contributed by atoms with van der Waals surface area (Å²) < 4.78 is 7.62. The lowest BCUT2D eigenvalue weighted by Gasteiger charge is -2.26. The summed E-state index contributed by atoms with van der Waals surface area (Å²) in [5, 5.41) is 7.58. The number of ether oxygens (including phenoxy) is 1. The van der Waals surface area contributed by atoms with E-state index in [1.54, 1.807) is 6.20 Å². The first-order valence-corrected chi connectivity index (χ1v) is 8.67. The molecule has 1 aliphatic rings. The quantitative estimate of drug-likeness (QED) is 0.916. The minimum atomic E-state index is -0.0523. The van der Waals surface area contributed by atoms with E-state index < -0.39 is 0 Å². The Balaban J connectivity index is 1.80. The Bertz CT molecular complexity index is 721. The number of para-hydroxylation sites is 1. The molecule has 5 nitrogen and oxygen atoms in total. The predicted molar refractivity (Wildman–Crippen MR) is 93.2 cm³/mol. The van der Waals surface area contributed by atoms with Gasteiger partial charge in [-0.05, 0) is 18.4 Å². The third kappa shape index (κ3) is 3.30. The van der Waals surface area contributed by atoms with Crippen molar-refractivity contribution in [2.75, 3.05) is 6.61 Å². The smallest absolute Gasteiger partial charge is 0.255 e. The molecule has 0 bridgehead atoms. The van der Waals surface area contributed by atoms with Gasteiger partial charge in [-0.3, -0.25) is 9.48 Å². The molecule has 1 atom stereocenters. The number of rotatable bonds is 5. The monoisotopic (exact) mass is 327 g/mol. The lowest BCUT2D eigenvalue weighted by atomic mass is 10.00. The van der Waals surface area contributed by atoms with Crippen LogP contribution in [-0.2, 0) is 13.0 Å². The molecule has 0 saturated carbocycles. The normalized spacial score (nSPS) is 16.6. The molecule has 1 amide bonds. The summed E-state index contributed by atoms with van der Waals surface area (Å²) in [5.74, 6) is 1.30. The first kappa shape index (κ1) is 16.6. The molecular formula is C19H25N3O2. The summed E-state index contributed by atoms with van der Waals surface area (Å²) in [4.78, 5) is 12.8. The van der Waals surface area contributed by atoms with E-state index in [-0.39, 0.29) is 11.9 Å². The summed E-state index contributed by atoms with van der Waals surface area (Å²) >= 11 is 0. The number of amides is 1.